The van der Waals surface area contributed by atoms with E-state index < -0.39 is 6.04 Å². The van der Waals surface area contributed by atoms with Crippen molar-refractivity contribution in [3.63, 3.8) is 0 Å². The predicted octanol–water partition coefficient (Wildman–Crippen LogP) is 6.42. The van der Waals surface area contributed by atoms with Crippen LogP contribution in [0.1, 0.15) is 41.6 Å². The number of hydrogen-bond donors (Lipinski definition) is 1. The summed E-state index contributed by atoms with van der Waals surface area (Å²) < 4.78 is 0. The number of benzene rings is 2. The number of phenolic OH excluding ortho intramolecular Hbond substituents is 1. The fraction of sp³-hybridized carbons (Fsp3) is 0.182. The topological polar surface area (TPSA) is 45.0 Å². The Kier molecular flexibility index (Phi) is 6.15. The van der Waals surface area contributed by atoms with Crippen molar-refractivity contribution in [1.82, 2.24) is 0 Å². The van der Waals surface area contributed by atoms with Gasteiger partial charge in [0.1, 0.15) is 17.6 Å². The van der Waals surface area contributed by atoms with E-state index in [9.17, 15) is 5.11 Å². The third-order valence-corrected chi connectivity index (χ3v) is 5.27. The Balaban J connectivity index is 2.19. The minimum atomic E-state index is -0.457. The third kappa shape index (κ3) is 4.15. The first kappa shape index (κ1) is 19.4. The van der Waals surface area contributed by atoms with Gasteiger partial charge in [-0.3, -0.25) is 4.99 Å². The van der Waals surface area contributed by atoms with Crippen LogP contribution < -0.4 is 0 Å². The molecule has 1 atom stereocenters. The van der Waals surface area contributed by atoms with Gasteiger partial charge in [0.25, 0.3) is 0 Å². The molecule has 2 aromatic carbocycles. The van der Waals surface area contributed by atoms with Crippen LogP contribution in [0.3, 0.4) is 0 Å². The van der Waals surface area contributed by atoms with Crippen molar-refractivity contribution in [3.8, 4) is 5.75 Å². The average Bonchev–Trinajstić information content (AvgIpc) is 2.92. The van der Waals surface area contributed by atoms with E-state index in [-0.39, 0.29) is 5.75 Å². The second-order valence-corrected chi connectivity index (χ2v) is 7.01. The van der Waals surface area contributed by atoms with Gasteiger partial charge in [0, 0.05) is 17.5 Å². The van der Waals surface area contributed by atoms with Gasteiger partial charge in [0.05, 0.1) is 10.0 Å². The van der Waals surface area contributed by atoms with Crippen LogP contribution in [-0.4, -0.2) is 17.7 Å². The summed E-state index contributed by atoms with van der Waals surface area (Å²) in [6, 6.07) is 8.82. The lowest BCUT2D eigenvalue weighted by atomic mass is 9.92. The summed E-state index contributed by atoms with van der Waals surface area (Å²) in [5.41, 5.74) is 3.40. The standard InChI is InChI=1S/C22H20Cl2N2O/c1-3-20(25-2)26-21(15-10-12-18(23)19(24)13-15)17-11-9-14-7-5-4-6-8-16(14)22(17)27/h4-7,9-13,21,27H,2-3,8H2,1H3. The second kappa shape index (κ2) is 8.55. The maximum Gasteiger partial charge on any atom is 0.125 e. The number of phenols is 1. The molecule has 0 heterocycles. The highest BCUT2D eigenvalue weighted by molar-refractivity contribution is 6.42. The van der Waals surface area contributed by atoms with Crippen molar-refractivity contribution in [2.24, 2.45) is 9.98 Å². The third-order valence-electron chi connectivity index (χ3n) is 4.53. The van der Waals surface area contributed by atoms with Gasteiger partial charge in [0.15, 0.2) is 0 Å². The lowest BCUT2D eigenvalue weighted by Gasteiger charge is -2.19. The van der Waals surface area contributed by atoms with Crippen LogP contribution in [0.2, 0.25) is 10.0 Å². The molecular weight excluding hydrogens is 379 g/mol. The number of nitrogens with zero attached hydrogens (tertiary/aromatic N) is 2. The Morgan fingerprint density at radius 2 is 2.00 bits per heavy atom. The Morgan fingerprint density at radius 3 is 2.70 bits per heavy atom. The lowest BCUT2D eigenvalue weighted by Crippen LogP contribution is -2.05. The monoisotopic (exact) mass is 398 g/mol. The van der Waals surface area contributed by atoms with E-state index in [1.54, 1.807) is 12.1 Å². The number of rotatable bonds is 4. The summed E-state index contributed by atoms with van der Waals surface area (Å²) in [7, 11) is 0. The van der Waals surface area contributed by atoms with Gasteiger partial charge in [-0.05, 0) is 36.4 Å². The highest BCUT2D eigenvalue weighted by Crippen LogP contribution is 2.39. The van der Waals surface area contributed by atoms with Gasteiger partial charge in [-0.2, -0.15) is 0 Å². The van der Waals surface area contributed by atoms with Crippen LogP contribution in [0, 0.1) is 0 Å². The molecule has 0 amide bonds. The molecule has 1 N–H and O–H groups in total. The fourth-order valence-corrected chi connectivity index (χ4v) is 3.39. The molecule has 27 heavy (non-hydrogen) atoms. The van der Waals surface area contributed by atoms with Crippen LogP contribution in [0.15, 0.2) is 58.5 Å². The van der Waals surface area contributed by atoms with Crippen LogP contribution in [0.5, 0.6) is 5.75 Å². The van der Waals surface area contributed by atoms with E-state index in [0.29, 0.717) is 34.3 Å². The molecule has 3 rings (SSSR count). The highest BCUT2D eigenvalue weighted by atomic mass is 35.5. The largest absolute Gasteiger partial charge is 0.507 e. The number of allylic oxidation sites excluding steroid dienone is 3. The first-order chi connectivity index (χ1) is 13.0. The smallest absolute Gasteiger partial charge is 0.125 e. The van der Waals surface area contributed by atoms with Gasteiger partial charge < -0.3 is 5.11 Å². The van der Waals surface area contributed by atoms with E-state index in [1.807, 2.05) is 49.4 Å². The maximum absolute atomic E-state index is 11.0. The van der Waals surface area contributed by atoms with Crippen LogP contribution in [0.25, 0.3) is 6.08 Å². The van der Waals surface area contributed by atoms with E-state index in [4.69, 9.17) is 28.2 Å². The summed E-state index contributed by atoms with van der Waals surface area (Å²) in [4.78, 5) is 8.75. The molecule has 0 saturated carbocycles. The van der Waals surface area contributed by atoms with Gasteiger partial charge >= 0.3 is 0 Å². The molecule has 0 bridgehead atoms. The number of halogens is 2. The Morgan fingerprint density at radius 1 is 1.19 bits per heavy atom. The van der Waals surface area contributed by atoms with E-state index in [2.05, 4.69) is 11.7 Å². The molecule has 0 saturated heterocycles. The van der Waals surface area contributed by atoms with Crippen molar-refractivity contribution >= 4 is 41.8 Å². The molecule has 3 nitrogen and oxygen atoms in total. The number of amidine groups is 1. The summed E-state index contributed by atoms with van der Waals surface area (Å²) in [5, 5.41) is 11.9. The summed E-state index contributed by atoms with van der Waals surface area (Å²) in [6.07, 6.45) is 9.24. The average molecular weight is 399 g/mol. The summed E-state index contributed by atoms with van der Waals surface area (Å²) >= 11 is 12.3. The van der Waals surface area contributed by atoms with Gasteiger partial charge in [-0.15, -0.1) is 0 Å². The quantitative estimate of drug-likeness (QED) is 0.468. The predicted molar refractivity (Wildman–Crippen MR) is 116 cm³/mol. The van der Waals surface area contributed by atoms with Gasteiger partial charge in [-0.25, -0.2) is 4.99 Å². The normalized spacial score (nSPS) is 14.6. The Labute approximate surface area is 169 Å². The van der Waals surface area contributed by atoms with E-state index in [1.165, 1.54) is 0 Å². The molecule has 1 unspecified atom stereocenters. The molecule has 2 aromatic rings. The van der Waals surface area contributed by atoms with Gasteiger partial charge in [-0.1, -0.05) is 72.6 Å². The molecule has 5 heteroatoms. The molecule has 138 valence electrons. The molecular formula is C22H20Cl2N2O. The van der Waals surface area contributed by atoms with Crippen molar-refractivity contribution in [2.75, 3.05) is 0 Å². The minimum absolute atomic E-state index is 0.239. The molecule has 0 fully saturated rings. The van der Waals surface area contributed by atoms with Crippen LogP contribution >= 0.6 is 23.2 Å². The zero-order valence-corrected chi connectivity index (χ0v) is 16.5. The maximum atomic E-state index is 11.0. The SMILES string of the molecule is C=NC(CC)=NC(c1ccc(Cl)c(Cl)c1)c1ccc2c(c1O)CC=CC=C2. The number of aromatic hydroxyl groups is 1. The van der Waals surface area contributed by atoms with Crippen molar-refractivity contribution in [2.45, 2.75) is 25.8 Å². The summed E-state index contributed by atoms with van der Waals surface area (Å²) in [5.74, 6) is 0.850. The van der Waals surface area contributed by atoms with Gasteiger partial charge in [0.2, 0.25) is 0 Å². The van der Waals surface area contributed by atoms with Crippen molar-refractivity contribution in [3.05, 3.63) is 80.9 Å². The van der Waals surface area contributed by atoms with Crippen molar-refractivity contribution < 1.29 is 5.11 Å². The molecule has 0 spiro atoms. The Hall–Kier alpha value is -2.36. The zero-order chi connectivity index (χ0) is 19.4. The van der Waals surface area contributed by atoms with Crippen LogP contribution in [0.4, 0.5) is 0 Å². The van der Waals surface area contributed by atoms with E-state index >= 15 is 0 Å². The highest BCUT2D eigenvalue weighted by Gasteiger charge is 2.22. The first-order valence-corrected chi connectivity index (χ1v) is 9.47. The molecule has 0 aromatic heterocycles. The van der Waals surface area contributed by atoms with Crippen LogP contribution in [-0.2, 0) is 6.42 Å². The second-order valence-electron chi connectivity index (χ2n) is 6.20. The lowest BCUT2D eigenvalue weighted by molar-refractivity contribution is 0.459. The number of hydrogen-bond acceptors (Lipinski definition) is 2. The first-order valence-electron chi connectivity index (χ1n) is 8.71. The molecule has 0 radical (unpaired) electrons. The minimum Gasteiger partial charge on any atom is -0.507 e. The van der Waals surface area contributed by atoms with Crippen molar-refractivity contribution in [1.29, 1.82) is 0 Å². The zero-order valence-electron chi connectivity index (χ0n) is 15.0. The van der Waals surface area contributed by atoms with E-state index in [0.717, 1.165) is 16.7 Å². The summed E-state index contributed by atoms with van der Waals surface area (Å²) in [6.45, 7) is 5.56. The fourth-order valence-electron chi connectivity index (χ4n) is 3.08. The molecule has 1 aliphatic rings. The molecule has 0 aliphatic heterocycles. The number of aliphatic imine (C=N–C) groups is 2. The molecule has 1 aliphatic carbocycles. The Bertz CT molecular complexity index is 961. The number of fused-ring (bicyclic) bond motifs is 1.